The number of rotatable bonds is 4. The lowest BCUT2D eigenvalue weighted by molar-refractivity contribution is -0.132. The third-order valence-corrected chi connectivity index (χ3v) is 3.85. The smallest absolute Gasteiger partial charge is 0.226 e. The second kappa shape index (κ2) is 6.05. The van der Waals surface area contributed by atoms with E-state index >= 15 is 0 Å². The van der Waals surface area contributed by atoms with Crippen LogP contribution in [0.5, 0.6) is 0 Å². The summed E-state index contributed by atoms with van der Waals surface area (Å²) in [6.45, 7) is 8.73. The molecule has 0 bridgehead atoms. The minimum absolute atomic E-state index is 0.0961. The van der Waals surface area contributed by atoms with Crippen molar-refractivity contribution in [1.29, 1.82) is 0 Å². The molecule has 0 heterocycles. The fourth-order valence-corrected chi connectivity index (χ4v) is 2.76. The van der Waals surface area contributed by atoms with Crippen LogP contribution in [0.15, 0.2) is 0 Å². The summed E-state index contributed by atoms with van der Waals surface area (Å²) in [5.41, 5.74) is -0.113. The van der Waals surface area contributed by atoms with Crippen LogP contribution >= 0.6 is 0 Å². The summed E-state index contributed by atoms with van der Waals surface area (Å²) in [5.74, 6) is 0.121. The predicted octanol–water partition coefficient (Wildman–Crippen LogP) is 2.87. The predicted molar refractivity (Wildman–Crippen MR) is 74.3 cm³/mol. The first-order chi connectivity index (χ1) is 8.23. The second-order valence-electron chi connectivity index (χ2n) is 7.25. The van der Waals surface area contributed by atoms with Crippen LogP contribution in [0.25, 0.3) is 0 Å². The van der Waals surface area contributed by atoms with E-state index in [-0.39, 0.29) is 16.7 Å². The zero-order valence-corrected chi connectivity index (χ0v) is 12.4. The molecule has 0 spiro atoms. The quantitative estimate of drug-likeness (QED) is 0.811. The molecule has 0 aromatic carbocycles. The molecule has 3 nitrogen and oxygen atoms in total. The Morgan fingerprint density at radius 2 is 1.83 bits per heavy atom. The Hall–Kier alpha value is -0.570. The van der Waals surface area contributed by atoms with Crippen molar-refractivity contribution in [3.05, 3.63) is 0 Å². The number of aliphatic hydroxyl groups is 1. The molecule has 106 valence electrons. The molecular weight excluding hydrogens is 226 g/mol. The van der Waals surface area contributed by atoms with Crippen molar-refractivity contribution in [2.75, 3.05) is 6.54 Å². The van der Waals surface area contributed by atoms with Gasteiger partial charge in [0.15, 0.2) is 0 Å². The molecule has 1 fully saturated rings. The van der Waals surface area contributed by atoms with Gasteiger partial charge < -0.3 is 10.4 Å². The van der Waals surface area contributed by atoms with Crippen LogP contribution in [0.1, 0.15) is 66.2 Å². The molecule has 1 amide bonds. The van der Waals surface area contributed by atoms with E-state index in [1.807, 2.05) is 0 Å². The van der Waals surface area contributed by atoms with Gasteiger partial charge in [0, 0.05) is 12.0 Å². The molecule has 0 aromatic rings. The van der Waals surface area contributed by atoms with Crippen LogP contribution in [0.4, 0.5) is 0 Å². The van der Waals surface area contributed by atoms with Gasteiger partial charge in [0.1, 0.15) is 0 Å². The van der Waals surface area contributed by atoms with Gasteiger partial charge in [-0.2, -0.15) is 0 Å². The van der Waals surface area contributed by atoms with Gasteiger partial charge >= 0.3 is 0 Å². The third kappa shape index (κ3) is 4.97. The average Bonchev–Trinajstić information content (AvgIpc) is 2.24. The van der Waals surface area contributed by atoms with E-state index in [1.165, 1.54) is 6.42 Å². The van der Waals surface area contributed by atoms with E-state index in [0.717, 1.165) is 25.7 Å². The fraction of sp³-hybridized carbons (Fsp3) is 0.933. The first kappa shape index (κ1) is 15.5. The van der Waals surface area contributed by atoms with Gasteiger partial charge in [0.2, 0.25) is 5.91 Å². The third-order valence-electron chi connectivity index (χ3n) is 3.85. The molecule has 1 aliphatic rings. The molecule has 0 radical (unpaired) electrons. The highest BCUT2D eigenvalue weighted by atomic mass is 16.3. The van der Waals surface area contributed by atoms with Gasteiger partial charge in [-0.05, 0) is 24.7 Å². The Labute approximate surface area is 111 Å². The largest absolute Gasteiger partial charge is 0.391 e. The van der Waals surface area contributed by atoms with Crippen molar-refractivity contribution in [3.63, 3.8) is 0 Å². The van der Waals surface area contributed by atoms with Crippen molar-refractivity contribution >= 4 is 5.91 Å². The molecule has 1 atom stereocenters. The number of amides is 1. The lowest BCUT2D eigenvalue weighted by Gasteiger charge is -2.32. The Morgan fingerprint density at radius 1 is 1.28 bits per heavy atom. The maximum Gasteiger partial charge on any atom is 0.226 e. The number of hydrogen-bond donors (Lipinski definition) is 2. The molecule has 0 aromatic heterocycles. The molecule has 3 heteroatoms. The highest BCUT2D eigenvalue weighted by molar-refractivity contribution is 5.82. The Balaban J connectivity index is 2.36. The first-order valence-electron chi connectivity index (χ1n) is 7.19. The first-order valence-corrected chi connectivity index (χ1v) is 7.19. The molecule has 1 saturated carbocycles. The summed E-state index contributed by atoms with van der Waals surface area (Å²) >= 11 is 0. The van der Waals surface area contributed by atoms with E-state index in [0.29, 0.717) is 13.0 Å². The van der Waals surface area contributed by atoms with Crippen LogP contribution in [-0.4, -0.2) is 23.7 Å². The fourth-order valence-electron chi connectivity index (χ4n) is 2.76. The van der Waals surface area contributed by atoms with Crippen molar-refractivity contribution in [2.24, 2.45) is 10.8 Å². The maximum atomic E-state index is 12.2. The average molecular weight is 255 g/mol. The maximum absolute atomic E-state index is 12.2. The van der Waals surface area contributed by atoms with Gasteiger partial charge in [0.05, 0.1) is 6.10 Å². The minimum atomic E-state index is -0.443. The van der Waals surface area contributed by atoms with E-state index < -0.39 is 6.10 Å². The Bertz CT molecular complexity index is 275. The Morgan fingerprint density at radius 3 is 2.33 bits per heavy atom. The standard InChI is InChI=1S/C15H29NO2/c1-14(2,3)10-12(17)11-16-13(18)15(4)8-6-5-7-9-15/h12,17H,5-11H2,1-4H3,(H,16,18). The highest BCUT2D eigenvalue weighted by Gasteiger charge is 2.34. The van der Waals surface area contributed by atoms with E-state index in [1.54, 1.807) is 0 Å². The van der Waals surface area contributed by atoms with Crippen LogP contribution in [0, 0.1) is 10.8 Å². The highest BCUT2D eigenvalue weighted by Crippen LogP contribution is 2.35. The van der Waals surface area contributed by atoms with Crippen molar-refractivity contribution in [2.45, 2.75) is 72.3 Å². The van der Waals surface area contributed by atoms with Crippen molar-refractivity contribution < 1.29 is 9.90 Å². The summed E-state index contributed by atoms with van der Waals surface area (Å²) in [6.07, 6.45) is 5.77. The Kier molecular flexibility index (Phi) is 5.20. The topological polar surface area (TPSA) is 49.3 Å². The summed E-state index contributed by atoms with van der Waals surface area (Å²) in [4.78, 5) is 12.2. The minimum Gasteiger partial charge on any atom is -0.391 e. The zero-order chi connectivity index (χ0) is 13.8. The molecule has 0 aliphatic heterocycles. The van der Waals surface area contributed by atoms with Gasteiger partial charge in [-0.3, -0.25) is 4.79 Å². The van der Waals surface area contributed by atoms with Crippen LogP contribution in [0.3, 0.4) is 0 Å². The second-order valence-corrected chi connectivity index (χ2v) is 7.25. The van der Waals surface area contributed by atoms with E-state index in [9.17, 15) is 9.90 Å². The van der Waals surface area contributed by atoms with Crippen LogP contribution in [-0.2, 0) is 4.79 Å². The lowest BCUT2D eigenvalue weighted by atomic mass is 9.75. The number of aliphatic hydroxyl groups excluding tert-OH is 1. The molecule has 1 rings (SSSR count). The molecule has 1 unspecified atom stereocenters. The summed E-state index contributed by atoms with van der Waals surface area (Å²) in [5, 5.41) is 12.8. The number of nitrogens with one attached hydrogen (secondary N) is 1. The van der Waals surface area contributed by atoms with E-state index in [4.69, 9.17) is 0 Å². The monoisotopic (exact) mass is 255 g/mol. The van der Waals surface area contributed by atoms with Crippen LogP contribution < -0.4 is 5.32 Å². The van der Waals surface area contributed by atoms with Gasteiger partial charge in [0.25, 0.3) is 0 Å². The molecule has 0 saturated heterocycles. The summed E-state index contributed by atoms with van der Waals surface area (Å²) in [7, 11) is 0. The SMILES string of the molecule is CC(C)(C)CC(O)CNC(=O)C1(C)CCCCC1. The van der Waals surface area contributed by atoms with E-state index in [2.05, 4.69) is 33.0 Å². The normalized spacial score (nSPS) is 21.4. The van der Waals surface area contributed by atoms with Gasteiger partial charge in [-0.15, -0.1) is 0 Å². The van der Waals surface area contributed by atoms with Gasteiger partial charge in [-0.25, -0.2) is 0 Å². The summed E-state index contributed by atoms with van der Waals surface area (Å²) < 4.78 is 0. The zero-order valence-electron chi connectivity index (χ0n) is 12.4. The van der Waals surface area contributed by atoms with Crippen molar-refractivity contribution in [3.8, 4) is 0 Å². The molecule has 1 aliphatic carbocycles. The number of carbonyl (C=O) groups is 1. The van der Waals surface area contributed by atoms with Crippen molar-refractivity contribution in [1.82, 2.24) is 5.32 Å². The molecule has 18 heavy (non-hydrogen) atoms. The lowest BCUT2D eigenvalue weighted by Crippen LogP contribution is -2.43. The number of carbonyl (C=O) groups excluding carboxylic acids is 1. The van der Waals surface area contributed by atoms with Crippen LogP contribution in [0.2, 0.25) is 0 Å². The molecule has 2 N–H and O–H groups in total. The molecular formula is C15H29NO2. The van der Waals surface area contributed by atoms with Gasteiger partial charge in [-0.1, -0.05) is 47.0 Å². The summed E-state index contributed by atoms with van der Waals surface area (Å²) in [6, 6.07) is 0. The number of hydrogen-bond acceptors (Lipinski definition) is 2.